The Morgan fingerprint density at radius 2 is 1.28 bits per heavy atom. The lowest BCUT2D eigenvalue weighted by Crippen LogP contribution is -2.58. The van der Waals surface area contributed by atoms with Gasteiger partial charge in [0, 0.05) is 5.56 Å². The van der Waals surface area contributed by atoms with Crippen molar-refractivity contribution < 1.29 is 0 Å². The maximum atomic E-state index is 14.5. The Morgan fingerprint density at radius 1 is 0.674 bits per heavy atom. The van der Waals surface area contributed by atoms with Crippen LogP contribution in [0.4, 0.5) is 5.69 Å². The van der Waals surface area contributed by atoms with Gasteiger partial charge in [-0.2, -0.15) is 9.36 Å². The highest BCUT2D eigenvalue weighted by molar-refractivity contribution is 6.01. The van der Waals surface area contributed by atoms with Crippen LogP contribution in [-0.4, -0.2) is 34.5 Å². The summed E-state index contributed by atoms with van der Waals surface area (Å²) in [7, 11) is 0. The highest BCUT2D eigenvalue weighted by atomic mass is 16.2. The molecule has 1 aliphatic rings. The van der Waals surface area contributed by atoms with Crippen LogP contribution in [0.15, 0.2) is 127 Å². The van der Waals surface area contributed by atoms with Crippen LogP contribution in [0.1, 0.15) is 22.3 Å². The molecule has 1 unspecified atom stereocenters. The number of fused-ring (bicyclic) bond motifs is 3. The minimum atomic E-state index is -1.69. The zero-order chi connectivity index (χ0) is 29.9. The maximum absolute atomic E-state index is 14.5. The van der Waals surface area contributed by atoms with Crippen molar-refractivity contribution in [3.05, 3.63) is 167 Å². The average Bonchev–Trinajstić information content (AvgIpc) is 3.49. The molecule has 2 N–H and O–H groups in total. The zero-order valence-electron chi connectivity index (χ0n) is 23.2. The minimum absolute atomic E-state index is 0.0314. The van der Waals surface area contributed by atoms with E-state index in [0.717, 1.165) is 20.4 Å². The Morgan fingerprint density at radius 3 is 1.93 bits per heavy atom. The quantitative estimate of drug-likeness (QED) is 0.337. The van der Waals surface area contributed by atoms with Gasteiger partial charge in [0.05, 0.1) is 17.1 Å². The first-order valence-electron chi connectivity index (χ1n) is 13.6. The molecule has 6 aromatic rings. The lowest BCUT2D eigenvalue weighted by Gasteiger charge is -2.40. The summed E-state index contributed by atoms with van der Waals surface area (Å²) in [4.78, 5) is 62.4. The first kappa shape index (κ1) is 26.0. The van der Waals surface area contributed by atoms with Crippen LogP contribution in [0.2, 0.25) is 0 Å². The topological polar surface area (TPSA) is 132 Å². The van der Waals surface area contributed by atoms with Gasteiger partial charge in [0.25, 0.3) is 0 Å². The Kier molecular flexibility index (Phi) is 5.77. The van der Waals surface area contributed by atoms with E-state index in [1.807, 2.05) is 38.1 Å². The van der Waals surface area contributed by atoms with E-state index in [1.54, 1.807) is 78.9 Å². The van der Waals surface area contributed by atoms with Crippen molar-refractivity contribution in [3.63, 3.8) is 0 Å². The molecule has 11 heteroatoms. The van der Waals surface area contributed by atoms with Crippen LogP contribution in [0, 0.1) is 13.8 Å². The fourth-order valence-corrected chi connectivity index (χ4v) is 5.97. The minimum Gasteiger partial charge on any atom is -0.257 e. The molecule has 2 aromatic heterocycles. The number of aromatic nitrogens is 6. The van der Waals surface area contributed by atoms with Gasteiger partial charge in [0.1, 0.15) is 0 Å². The fraction of sp³-hybridized carbons (Fsp3) is 0.0938. The largest absolute Gasteiger partial charge is 0.358 e. The number of hydrogen-bond acceptors (Lipinski definition) is 5. The van der Waals surface area contributed by atoms with Crippen molar-refractivity contribution in [2.45, 2.75) is 19.4 Å². The summed E-state index contributed by atoms with van der Waals surface area (Å²) in [5.41, 5.74) is -0.601. The molecule has 1 aliphatic heterocycles. The Labute approximate surface area is 243 Å². The standard InChI is InChI=1S/C32H25N7O4/c1-20-12-11-13-21(2)26(20)33-27-32(22-14-5-3-6-15-22,39-29(41)34-28(40)35-39)24-18-9-10-19-25(24)37-30(42)36(31(43)38(27)37)23-16-7-4-8-17-23/h3-19H,1-2H3,(H2,34,35,40,41). The van der Waals surface area contributed by atoms with E-state index >= 15 is 0 Å². The Hall–Kier alpha value is -5.97. The van der Waals surface area contributed by atoms with Crippen molar-refractivity contribution in [1.82, 2.24) is 28.7 Å². The number of para-hydroxylation sites is 3. The predicted octanol–water partition coefficient (Wildman–Crippen LogP) is 2.97. The third kappa shape index (κ3) is 3.64. The van der Waals surface area contributed by atoms with Crippen molar-refractivity contribution in [2.75, 3.05) is 0 Å². The number of aryl methyl sites for hydroxylation is 2. The molecule has 7 rings (SSSR count). The molecular weight excluding hydrogens is 546 g/mol. The molecule has 0 radical (unpaired) electrons. The molecule has 0 fully saturated rings. The lowest BCUT2D eigenvalue weighted by molar-refractivity contribution is 0.448. The van der Waals surface area contributed by atoms with Crippen molar-refractivity contribution in [1.29, 1.82) is 0 Å². The van der Waals surface area contributed by atoms with Gasteiger partial charge in [-0.3, -0.25) is 4.98 Å². The van der Waals surface area contributed by atoms with E-state index in [9.17, 15) is 19.2 Å². The molecule has 212 valence electrons. The van der Waals surface area contributed by atoms with Crippen molar-refractivity contribution in [3.8, 4) is 11.4 Å². The van der Waals surface area contributed by atoms with E-state index in [4.69, 9.17) is 4.99 Å². The van der Waals surface area contributed by atoms with Gasteiger partial charge in [0.15, 0.2) is 11.4 Å². The molecule has 3 heterocycles. The summed E-state index contributed by atoms with van der Waals surface area (Å²) in [6.07, 6.45) is 0. The first-order valence-corrected chi connectivity index (χ1v) is 13.6. The average molecular weight is 572 g/mol. The number of aromatic amines is 2. The molecule has 0 spiro atoms. The molecule has 43 heavy (non-hydrogen) atoms. The summed E-state index contributed by atoms with van der Waals surface area (Å²) in [5.74, 6) is 0.0314. The molecule has 0 aliphatic carbocycles. The second kappa shape index (κ2) is 9.55. The van der Waals surface area contributed by atoms with Crippen LogP contribution in [0.25, 0.3) is 11.4 Å². The van der Waals surface area contributed by atoms with Gasteiger partial charge in [-0.05, 0) is 48.7 Å². The monoisotopic (exact) mass is 571 g/mol. The molecule has 1 atom stereocenters. The predicted molar refractivity (Wildman–Crippen MR) is 162 cm³/mol. The molecule has 11 nitrogen and oxygen atoms in total. The number of hydrogen-bond donors (Lipinski definition) is 2. The second-order valence-corrected chi connectivity index (χ2v) is 10.3. The van der Waals surface area contributed by atoms with Crippen molar-refractivity contribution >= 4 is 11.5 Å². The number of nitrogens with one attached hydrogen (secondary N) is 2. The van der Waals surface area contributed by atoms with Gasteiger partial charge < -0.3 is 0 Å². The molecule has 0 saturated carbocycles. The molecular formula is C32H25N7O4. The number of nitrogens with zero attached hydrogens (tertiary/aromatic N) is 5. The SMILES string of the molecule is Cc1cccc(C)c1N=C1n2c(=O)n(-c3ccccc3)c(=O)n2-c2ccccc2C1(c1ccccc1)n1[nH]c(=O)[nH]c1=O. The smallest absolute Gasteiger partial charge is 0.257 e. The van der Waals surface area contributed by atoms with Gasteiger partial charge in [-0.15, -0.1) is 0 Å². The number of rotatable bonds is 4. The third-order valence-electron chi connectivity index (χ3n) is 7.83. The van der Waals surface area contributed by atoms with Gasteiger partial charge in [-0.25, -0.2) is 38.5 Å². The Bertz CT molecular complexity index is 2280. The second-order valence-electron chi connectivity index (χ2n) is 10.3. The van der Waals surface area contributed by atoms with E-state index in [2.05, 4.69) is 10.1 Å². The van der Waals surface area contributed by atoms with E-state index < -0.39 is 28.3 Å². The van der Waals surface area contributed by atoms with Crippen LogP contribution in [0.3, 0.4) is 0 Å². The summed E-state index contributed by atoms with van der Waals surface area (Å²) in [6.45, 7) is 3.78. The molecule has 4 aromatic carbocycles. The van der Waals surface area contributed by atoms with E-state index in [1.165, 1.54) is 9.36 Å². The molecule has 0 amide bonds. The van der Waals surface area contributed by atoms with Gasteiger partial charge in [-0.1, -0.05) is 84.9 Å². The zero-order valence-corrected chi connectivity index (χ0v) is 23.2. The summed E-state index contributed by atoms with van der Waals surface area (Å²) < 4.78 is 4.69. The summed E-state index contributed by atoms with van der Waals surface area (Å²) in [6, 6.07) is 30.3. The van der Waals surface area contributed by atoms with E-state index in [0.29, 0.717) is 28.2 Å². The first-order chi connectivity index (χ1) is 20.8. The van der Waals surface area contributed by atoms with Crippen LogP contribution in [0.5, 0.6) is 0 Å². The molecule has 0 saturated heterocycles. The summed E-state index contributed by atoms with van der Waals surface area (Å²) in [5, 5.41) is 2.65. The Balaban J connectivity index is 1.77. The fourth-order valence-electron chi connectivity index (χ4n) is 5.97. The van der Waals surface area contributed by atoms with Gasteiger partial charge >= 0.3 is 22.8 Å². The van der Waals surface area contributed by atoms with Crippen LogP contribution >= 0.6 is 0 Å². The highest BCUT2D eigenvalue weighted by Gasteiger charge is 2.52. The lowest BCUT2D eigenvalue weighted by atomic mass is 9.79. The summed E-state index contributed by atoms with van der Waals surface area (Å²) >= 11 is 0. The van der Waals surface area contributed by atoms with Gasteiger partial charge in [0.2, 0.25) is 0 Å². The number of benzene rings is 4. The van der Waals surface area contributed by atoms with Crippen LogP contribution in [-0.2, 0) is 5.54 Å². The highest BCUT2D eigenvalue weighted by Crippen LogP contribution is 2.41. The number of H-pyrrole nitrogens is 2. The van der Waals surface area contributed by atoms with E-state index in [-0.39, 0.29) is 5.84 Å². The van der Waals surface area contributed by atoms with Crippen LogP contribution < -0.4 is 22.8 Å². The third-order valence-corrected chi connectivity index (χ3v) is 7.83. The van der Waals surface area contributed by atoms with Crippen molar-refractivity contribution in [2.24, 2.45) is 4.99 Å². The normalized spacial score (nSPS) is 16.7. The number of aliphatic imine (C=N–C) groups is 1. The maximum Gasteiger partial charge on any atom is 0.358 e. The molecule has 0 bridgehead atoms.